The first kappa shape index (κ1) is 29.7. The lowest BCUT2D eigenvalue weighted by molar-refractivity contribution is 0.147. The zero-order chi connectivity index (χ0) is 26.6. The van der Waals surface area contributed by atoms with Crippen LogP contribution in [0.3, 0.4) is 0 Å². The average molecular weight is 516 g/mol. The third-order valence-corrected chi connectivity index (χ3v) is 8.45. The molecule has 2 aromatic heterocycles. The topological polar surface area (TPSA) is 65.1 Å². The van der Waals surface area contributed by atoms with Gasteiger partial charge in [0.2, 0.25) is 0 Å². The Bertz CT molecular complexity index is 1070. The zero-order valence-electron chi connectivity index (χ0n) is 24.3. The van der Waals surface area contributed by atoms with Crippen LogP contribution in [0.25, 0.3) is 11.2 Å². The number of nitrogens with zero attached hydrogens (tertiary/aromatic N) is 5. The van der Waals surface area contributed by atoms with Crippen LogP contribution < -0.4 is 11.2 Å². The van der Waals surface area contributed by atoms with Crippen LogP contribution in [-0.2, 0) is 27.2 Å². The molecule has 210 valence electrons. The number of likely N-dealkylation sites (tertiary alicyclic amines) is 1. The number of hydrogen-bond donors (Lipinski definition) is 0. The Morgan fingerprint density at radius 2 is 1.35 bits per heavy atom. The number of imidazole rings is 1. The van der Waals surface area contributed by atoms with Crippen LogP contribution in [0.2, 0.25) is 0 Å². The molecule has 1 atom stereocenters. The molecule has 0 bridgehead atoms. The molecule has 0 spiro atoms. The van der Waals surface area contributed by atoms with Gasteiger partial charge >= 0.3 is 5.69 Å². The highest BCUT2D eigenvalue weighted by Gasteiger charge is 2.24. The summed E-state index contributed by atoms with van der Waals surface area (Å²) in [6.45, 7) is 7.17. The van der Waals surface area contributed by atoms with E-state index in [1.165, 1.54) is 112 Å². The molecule has 0 saturated carbocycles. The summed E-state index contributed by atoms with van der Waals surface area (Å²) in [6, 6.07) is 0.523. The highest BCUT2D eigenvalue weighted by molar-refractivity contribution is 5.71. The molecule has 37 heavy (non-hydrogen) atoms. The second-order valence-corrected chi connectivity index (χ2v) is 11.5. The SMILES string of the molecule is CCCCCCCCCCCCCCCCn1c(CN2CCCCC2C)nc2c1c(=O)n(C)c(=O)n2C. The molecule has 0 amide bonds. The van der Waals surface area contributed by atoms with E-state index < -0.39 is 0 Å². The Kier molecular flexibility index (Phi) is 12.4. The van der Waals surface area contributed by atoms with E-state index in [1.54, 1.807) is 14.1 Å². The summed E-state index contributed by atoms with van der Waals surface area (Å²) in [7, 11) is 3.29. The fourth-order valence-corrected chi connectivity index (χ4v) is 5.89. The monoisotopic (exact) mass is 515 g/mol. The van der Waals surface area contributed by atoms with Crippen molar-refractivity contribution in [3.8, 4) is 0 Å². The molecule has 0 aromatic carbocycles. The molecular weight excluding hydrogens is 462 g/mol. The molecule has 3 heterocycles. The molecule has 0 N–H and O–H groups in total. The molecule has 3 rings (SSSR count). The fourth-order valence-electron chi connectivity index (χ4n) is 5.89. The van der Waals surface area contributed by atoms with E-state index in [0.717, 1.165) is 31.9 Å². The van der Waals surface area contributed by atoms with Crippen molar-refractivity contribution < 1.29 is 0 Å². The summed E-state index contributed by atoms with van der Waals surface area (Å²) >= 11 is 0. The number of hydrogen-bond acceptors (Lipinski definition) is 4. The zero-order valence-corrected chi connectivity index (χ0v) is 24.3. The predicted molar refractivity (Wildman–Crippen MR) is 154 cm³/mol. The van der Waals surface area contributed by atoms with Gasteiger partial charge in [0.05, 0.1) is 6.54 Å². The van der Waals surface area contributed by atoms with Gasteiger partial charge in [-0.2, -0.15) is 0 Å². The summed E-state index contributed by atoms with van der Waals surface area (Å²) in [5.41, 5.74) is 0.572. The van der Waals surface area contributed by atoms with Gasteiger partial charge in [0.1, 0.15) is 5.82 Å². The Balaban J connectivity index is 1.50. The lowest BCUT2D eigenvalue weighted by atomic mass is 10.0. The molecule has 1 fully saturated rings. The van der Waals surface area contributed by atoms with Crippen LogP contribution in [0.15, 0.2) is 9.59 Å². The van der Waals surface area contributed by atoms with Crippen molar-refractivity contribution in [1.82, 2.24) is 23.6 Å². The van der Waals surface area contributed by atoms with E-state index in [2.05, 4.69) is 23.3 Å². The molecule has 2 aromatic rings. The summed E-state index contributed by atoms with van der Waals surface area (Å²) in [5.74, 6) is 0.928. The van der Waals surface area contributed by atoms with Gasteiger partial charge in [0, 0.05) is 26.7 Å². The molecule has 0 radical (unpaired) electrons. The van der Waals surface area contributed by atoms with Crippen LogP contribution >= 0.6 is 0 Å². The number of fused-ring (bicyclic) bond motifs is 1. The van der Waals surface area contributed by atoms with Crippen molar-refractivity contribution in [2.45, 2.75) is 142 Å². The van der Waals surface area contributed by atoms with Gasteiger partial charge < -0.3 is 4.57 Å². The van der Waals surface area contributed by atoms with Crippen molar-refractivity contribution in [3.05, 3.63) is 26.7 Å². The summed E-state index contributed by atoms with van der Waals surface area (Å²) in [5, 5.41) is 0. The van der Waals surface area contributed by atoms with Gasteiger partial charge in [-0.3, -0.25) is 18.8 Å². The van der Waals surface area contributed by atoms with E-state index in [0.29, 0.717) is 17.2 Å². The summed E-state index contributed by atoms with van der Waals surface area (Å²) < 4.78 is 4.87. The van der Waals surface area contributed by atoms with E-state index in [9.17, 15) is 9.59 Å². The number of unbranched alkanes of at least 4 members (excludes halogenated alkanes) is 13. The third-order valence-electron chi connectivity index (χ3n) is 8.45. The fraction of sp³-hybridized carbons (Fsp3) is 0.833. The van der Waals surface area contributed by atoms with Gasteiger partial charge in [-0.05, 0) is 32.7 Å². The van der Waals surface area contributed by atoms with Crippen LogP contribution in [0.1, 0.15) is 129 Å². The van der Waals surface area contributed by atoms with Crippen LogP contribution in [0.4, 0.5) is 0 Å². The maximum Gasteiger partial charge on any atom is 0.332 e. The molecular formula is C30H53N5O2. The average Bonchev–Trinajstić information content (AvgIpc) is 3.25. The molecule has 1 unspecified atom stereocenters. The Hall–Kier alpha value is -1.89. The van der Waals surface area contributed by atoms with E-state index in [4.69, 9.17) is 4.98 Å². The van der Waals surface area contributed by atoms with Gasteiger partial charge in [-0.1, -0.05) is 96.8 Å². The van der Waals surface area contributed by atoms with Crippen molar-refractivity contribution in [1.29, 1.82) is 0 Å². The van der Waals surface area contributed by atoms with E-state index in [-0.39, 0.29) is 11.2 Å². The number of piperidine rings is 1. The first-order chi connectivity index (χ1) is 18.0. The quantitative estimate of drug-likeness (QED) is 0.232. The van der Waals surface area contributed by atoms with Crippen molar-refractivity contribution >= 4 is 11.2 Å². The molecule has 0 aliphatic carbocycles. The Morgan fingerprint density at radius 1 is 0.784 bits per heavy atom. The van der Waals surface area contributed by atoms with Crippen LogP contribution in [-0.4, -0.2) is 36.2 Å². The van der Waals surface area contributed by atoms with Gasteiger partial charge in [0.15, 0.2) is 11.2 Å². The number of aromatic nitrogens is 4. The standard InChI is InChI=1S/C30H53N5O2/c1-5-6-7-8-9-10-11-12-13-14-15-16-17-19-23-35-26(24-34-22-20-18-21-25(34)2)31-28-27(35)29(36)33(4)30(37)32(28)3/h25H,5-24H2,1-4H3. The molecule has 1 saturated heterocycles. The second-order valence-electron chi connectivity index (χ2n) is 11.5. The summed E-state index contributed by atoms with van der Waals surface area (Å²) in [4.78, 5) is 33.0. The predicted octanol–water partition coefficient (Wildman–Crippen LogP) is 6.29. The second kappa shape index (κ2) is 15.5. The third kappa shape index (κ3) is 8.30. The van der Waals surface area contributed by atoms with Gasteiger partial charge in [0.25, 0.3) is 5.56 Å². The highest BCUT2D eigenvalue weighted by Crippen LogP contribution is 2.21. The van der Waals surface area contributed by atoms with Crippen LogP contribution in [0.5, 0.6) is 0 Å². The maximum atomic E-state index is 13.1. The van der Waals surface area contributed by atoms with Crippen molar-refractivity contribution in [2.24, 2.45) is 14.1 Å². The first-order valence-electron chi connectivity index (χ1n) is 15.3. The minimum absolute atomic E-state index is 0.228. The molecule has 7 nitrogen and oxygen atoms in total. The number of rotatable bonds is 17. The first-order valence-corrected chi connectivity index (χ1v) is 15.3. The Labute approximate surface area is 224 Å². The molecule has 7 heteroatoms. The number of aryl methyl sites for hydroxylation is 2. The van der Waals surface area contributed by atoms with E-state index >= 15 is 0 Å². The van der Waals surface area contributed by atoms with E-state index in [1.807, 2.05) is 0 Å². The van der Waals surface area contributed by atoms with Crippen molar-refractivity contribution in [2.75, 3.05) is 6.54 Å². The minimum atomic E-state index is -0.309. The van der Waals surface area contributed by atoms with Gasteiger partial charge in [-0.25, -0.2) is 9.78 Å². The lowest BCUT2D eigenvalue weighted by Crippen LogP contribution is -2.38. The largest absolute Gasteiger partial charge is 0.332 e. The minimum Gasteiger partial charge on any atom is -0.321 e. The van der Waals surface area contributed by atoms with Crippen LogP contribution in [0, 0.1) is 0 Å². The lowest BCUT2D eigenvalue weighted by Gasteiger charge is -2.33. The van der Waals surface area contributed by atoms with Crippen molar-refractivity contribution in [3.63, 3.8) is 0 Å². The normalized spacial score (nSPS) is 16.7. The Morgan fingerprint density at radius 3 is 1.92 bits per heavy atom. The highest BCUT2D eigenvalue weighted by atomic mass is 16.2. The molecule has 1 aliphatic heterocycles. The van der Waals surface area contributed by atoms with Gasteiger partial charge in [-0.15, -0.1) is 0 Å². The smallest absolute Gasteiger partial charge is 0.321 e. The summed E-state index contributed by atoms with van der Waals surface area (Å²) in [6.07, 6.45) is 22.3. The molecule has 1 aliphatic rings. The maximum absolute atomic E-state index is 13.1.